The summed E-state index contributed by atoms with van der Waals surface area (Å²) in [5, 5.41) is 0. The van der Waals surface area contributed by atoms with E-state index in [1.165, 1.54) is 24.8 Å². The first kappa shape index (κ1) is 24.1. The first-order valence-corrected chi connectivity index (χ1v) is 14.1. The molecule has 1 aromatic rings. The fourth-order valence-corrected chi connectivity index (χ4v) is 7.43. The summed E-state index contributed by atoms with van der Waals surface area (Å²) in [5.41, 5.74) is 8.36. The molecule has 3 aliphatic heterocycles. The van der Waals surface area contributed by atoms with Gasteiger partial charge in [-0.05, 0) is 87.1 Å². The Morgan fingerprint density at radius 2 is 1.69 bits per heavy atom. The topological polar surface area (TPSA) is 92.9 Å². The van der Waals surface area contributed by atoms with Gasteiger partial charge >= 0.3 is 0 Å². The van der Waals surface area contributed by atoms with Gasteiger partial charge in [0.25, 0.3) is 0 Å². The van der Waals surface area contributed by atoms with Gasteiger partial charge in [0, 0.05) is 18.2 Å². The molecule has 194 valence electrons. The van der Waals surface area contributed by atoms with Crippen molar-refractivity contribution in [2.75, 3.05) is 26.2 Å². The number of ketones is 1. The lowest BCUT2D eigenvalue weighted by Crippen LogP contribution is -2.46. The highest BCUT2D eigenvalue weighted by Gasteiger charge is 2.49. The molecule has 0 spiro atoms. The molecule has 1 aromatic carbocycles. The molecule has 5 aliphatic rings. The van der Waals surface area contributed by atoms with Crippen LogP contribution in [0.1, 0.15) is 97.5 Å². The van der Waals surface area contributed by atoms with Gasteiger partial charge in [-0.15, -0.1) is 0 Å². The minimum absolute atomic E-state index is 0.000424. The molecule has 0 bridgehead atoms. The normalized spacial score (nSPS) is 28.9. The largest absolute Gasteiger partial charge is 0.368 e. The number of likely N-dealkylation sites (tertiary alicyclic amines) is 2. The van der Waals surface area contributed by atoms with Gasteiger partial charge in [0.2, 0.25) is 11.8 Å². The van der Waals surface area contributed by atoms with Crippen LogP contribution in [-0.2, 0) is 14.3 Å². The summed E-state index contributed by atoms with van der Waals surface area (Å²) in [4.78, 5) is 43.9. The number of amides is 2. The van der Waals surface area contributed by atoms with Crippen LogP contribution in [0.3, 0.4) is 0 Å². The summed E-state index contributed by atoms with van der Waals surface area (Å²) >= 11 is 0. The summed E-state index contributed by atoms with van der Waals surface area (Å²) in [5.74, 6) is -0.340. The van der Waals surface area contributed by atoms with E-state index in [0.717, 1.165) is 63.2 Å². The van der Waals surface area contributed by atoms with E-state index in [1.807, 2.05) is 6.07 Å². The number of primary amides is 1. The molecule has 0 aromatic heterocycles. The van der Waals surface area contributed by atoms with Crippen molar-refractivity contribution in [1.29, 1.82) is 0 Å². The lowest BCUT2D eigenvalue weighted by molar-refractivity contribution is -0.139. The smallest absolute Gasteiger partial charge is 0.249 e. The molecule has 0 unspecified atom stereocenters. The van der Waals surface area contributed by atoms with E-state index in [1.54, 1.807) is 4.90 Å². The number of piperidine rings is 1. The number of carbonyl (C=O) groups excluding carboxylic acids is 3. The monoisotopic (exact) mass is 493 g/mol. The molecule has 36 heavy (non-hydrogen) atoms. The molecule has 7 nitrogen and oxygen atoms in total. The molecule has 2 aliphatic carbocycles. The molecule has 3 atom stereocenters. The van der Waals surface area contributed by atoms with Gasteiger partial charge in [-0.25, -0.2) is 0 Å². The SMILES string of the molecule is NC(=O)c1ccc(C2CCN(C3CC3)CC2)cc1[C@@H](C(=O)N1CC[C@H]2OCC(=O)[C@H]21)C1CCCCC1. The Hall–Kier alpha value is -2.25. The van der Waals surface area contributed by atoms with E-state index < -0.39 is 17.9 Å². The van der Waals surface area contributed by atoms with E-state index in [2.05, 4.69) is 17.0 Å². The highest BCUT2D eigenvalue weighted by molar-refractivity contribution is 5.99. The standard InChI is InChI=1S/C29H39N3O4/c30-28(34)22-9-6-20(18-10-13-31(14-11-18)21-7-8-21)16-23(22)26(19-4-2-1-3-5-19)29(35)32-15-12-25-27(32)24(33)17-36-25/h6,9,16,18-19,21,25-27H,1-5,7-8,10-15,17H2,(H2,30,34)/t25-,26+,27-/m1/s1. The Bertz CT molecular complexity index is 1020. The molecule has 2 N–H and O–H groups in total. The average Bonchev–Trinajstić information content (AvgIpc) is 3.56. The van der Waals surface area contributed by atoms with Crippen LogP contribution in [0.25, 0.3) is 0 Å². The first-order chi connectivity index (χ1) is 17.5. The first-order valence-electron chi connectivity index (χ1n) is 14.1. The van der Waals surface area contributed by atoms with Crippen LogP contribution in [0.15, 0.2) is 18.2 Å². The average molecular weight is 494 g/mol. The van der Waals surface area contributed by atoms with Gasteiger partial charge in [-0.3, -0.25) is 14.4 Å². The summed E-state index contributed by atoms with van der Waals surface area (Å²) in [7, 11) is 0. The maximum atomic E-state index is 14.3. The predicted molar refractivity (Wildman–Crippen MR) is 136 cm³/mol. The minimum atomic E-state index is -0.478. The van der Waals surface area contributed by atoms with Gasteiger partial charge in [0.1, 0.15) is 12.6 Å². The van der Waals surface area contributed by atoms with Crippen molar-refractivity contribution in [3.63, 3.8) is 0 Å². The molecule has 3 heterocycles. The van der Waals surface area contributed by atoms with Crippen molar-refractivity contribution in [3.05, 3.63) is 34.9 Å². The summed E-state index contributed by atoms with van der Waals surface area (Å²) in [6.45, 7) is 2.86. The van der Waals surface area contributed by atoms with Crippen molar-refractivity contribution >= 4 is 17.6 Å². The van der Waals surface area contributed by atoms with Crippen LogP contribution in [-0.4, -0.2) is 71.8 Å². The number of benzene rings is 1. The van der Waals surface area contributed by atoms with Crippen molar-refractivity contribution in [1.82, 2.24) is 9.80 Å². The van der Waals surface area contributed by atoms with Gasteiger partial charge in [-0.1, -0.05) is 31.4 Å². The lowest BCUT2D eigenvalue weighted by atomic mass is 9.73. The summed E-state index contributed by atoms with van der Waals surface area (Å²) < 4.78 is 5.67. The molecule has 0 radical (unpaired) electrons. The molecule has 3 saturated heterocycles. The molecule has 2 amide bonds. The Morgan fingerprint density at radius 1 is 0.944 bits per heavy atom. The second kappa shape index (κ2) is 9.90. The quantitative estimate of drug-likeness (QED) is 0.656. The van der Waals surface area contributed by atoms with Crippen LogP contribution in [0, 0.1) is 5.92 Å². The van der Waals surface area contributed by atoms with Gasteiger partial charge in [0.05, 0.1) is 12.0 Å². The van der Waals surface area contributed by atoms with E-state index in [0.29, 0.717) is 24.4 Å². The van der Waals surface area contributed by atoms with Crippen molar-refractivity contribution in [2.24, 2.45) is 11.7 Å². The van der Waals surface area contributed by atoms with Crippen LogP contribution in [0.2, 0.25) is 0 Å². The molecule has 7 heteroatoms. The fourth-order valence-electron chi connectivity index (χ4n) is 7.43. The molecule has 6 rings (SSSR count). The zero-order valence-corrected chi connectivity index (χ0v) is 21.2. The number of hydrogen-bond acceptors (Lipinski definition) is 5. The number of nitrogens with two attached hydrogens (primary N) is 1. The second-order valence-corrected chi connectivity index (χ2v) is 11.7. The third kappa shape index (κ3) is 4.49. The van der Waals surface area contributed by atoms with E-state index in [4.69, 9.17) is 10.5 Å². The highest BCUT2D eigenvalue weighted by Crippen LogP contribution is 2.42. The third-order valence-electron chi connectivity index (χ3n) is 9.52. The van der Waals surface area contributed by atoms with Gasteiger partial charge < -0.3 is 20.3 Å². The molecular formula is C29H39N3O4. The molecular weight excluding hydrogens is 454 g/mol. The van der Waals surface area contributed by atoms with E-state index in [9.17, 15) is 14.4 Å². The Kier molecular flexibility index (Phi) is 6.63. The number of hydrogen-bond donors (Lipinski definition) is 1. The highest BCUT2D eigenvalue weighted by atomic mass is 16.5. The zero-order valence-electron chi connectivity index (χ0n) is 21.2. The molecule has 2 saturated carbocycles. The number of ether oxygens (including phenoxy) is 1. The third-order valence-corrected chi connectivity index (χ3v) is 9.52. The number of nitrogens with zero attached hydrogens (tertiary/aromatic N) is 2. The van der Waals surface area contributed by atoms with E-state index >= 15 is 0 Å². The Balaban J connectivity index is 1.34. The second-order valence-electron chi connectivity index (χ2n) is 11.7. The fraction of sp³-hybridized carbons (Fsp3) is 0.690. The predicted octanol–water partition coefficient (Wildman–Crippen LogP) is 3.36. The van der Waals surface area contributed by atoms with Crippen molar-refractivity contribution in [2.45, 2.75) is 94.2 Å². The number of carbonyl (C=O) groups is 3. The summed E-state index contributed by atoms with van der Waals surface area (Å²) in [6, 6.07) is 6.37. The maximum Gasteiger partial charge on any atom is 0.249 e. The summed E-state index contributed by atoms with van der Waals surface area (Å²) in [6.07, 6.45) is 10.7. The van der Waals surface area contributed by atoms with Crippen LogP contribution in [0.4, 0.5) is 0 Å². The lowest BCUT2D eigenvalue weighted by Gasteiger charge is -2.36. The van der Waals surface area contributed by atoms with Gasteiger partial charge in [-0.2, -0.15) is 0 Å². The Morgan fingerprint density at radius 3 is 2.39 bits per heavy atom. The number of Topliss-reactive ketones (excluding diaryl/α,β-unsaturated/α-hetero) is 1. The van der Waals surface area contributed by atoms with Crippen molar-refractivity contribution < 1.29 is 19.1 Å². The van der Waals surface area contributed by atoms with Crippen LogP contribution < -0.4 is 5.73 Å². The number of rotatable bonds is 6. The Labute approximate surface area is 213 Å². The minimum Gasteiger partial charge on any atom is -0.368 e. The maximum absolute atomic E-state index is 14.3. The van der Waals surface area contributed by atoms with Crippen LogP contribution in [0.5, 0.6) is 0 Å². The number of fused-ring (bicyclic) bond motifs is 1. The molecule has 5 fully saturated rings. The van der Waals surface area contributed by atoms with E-state index in [-0.39, 0.29) is 30.3 Å². The van der Waals surface area contributed by atoms with Crippen LogP contribution >= 0.6 is 0 Å². The zero-order chi connectivity index (χ0) is 24.8. The van der Waals surface area contributed by atoms with Crippen molar-refractivity contribution in [3.8, 4) is 0 Å². The van der Waals surface area contributed by atoms with Gasteiger partial charge in [0.15, 0.2) is 5.78 Å².